The second-order valence-electron chi connectivity index (χ2n) is 5.63. The number of anilines is 1. The summed E-state index contributed by atoms with van der Waals surface area (Å²) in [5.74, 6) is 0.348. The van der Waals surface area contributed by atoms with Crippen molar-refractivity contribution in [2.75, 3.05) is 5.32 Å². The van der Waals surface area contributed by atoms with Crippen molar-refractivity contribution in [1.29, 1.82) is 0 Å². The molecule has 0 fully saturated rings. The molecule has 0 saturated carbocycles. The highest BCUT2D eigenvalue weighted by Gasteiger charge is 2.18. The fraction of sp³-hybridized carbons (Fsp3) is 0.111. The van der Waals surface area contributed by atoms with Crippen LogP contribution in [-0.2, 0) is 4.79 Å². The van der Waals surface area contributed by atoms with Gasteiger partial charge in [0.25, 0.3) is 0 Å². The van der Waals surface area contributed by atoms with Crippen molar-refractivity contribution >= 4 is 34.4 Å². The number of pyridine rings is 1. The molecular weight excluding hydrogens is 380 g/mol. The summed E-state index contributed by atoms with van der Waals surface area (Å²) in [5, 5.41) is 8.06. The van der Waals surface area contributed by atoms with Gasteiger partial charge in [-0.25, -0.2) is 19.9 Å². The van der Waals surface area contributed by atoms with Crippen LogP contribution in [0, 0.1) is 0 Å². The molecule has 1 atom stereocenters. The van der Waals surface area contributed by atoms with E-state index >= 15 is 0 Å². The molecule has 9 heteroatoms. The summed E-state index contributed by atoms with van der Waals surface area (Å²) in [4.78, 5) is 34.3. The summed E-state index contributed by atoms with van der Waals surface area (Å²) in [6.45, 7) is 1.83. The second kappa shape index (κ2) is 7.68. The molecule has 1 unspecified atom stereocenters. The number of thiazole rings is 2. The Kier molecular flexibility index (Phi) is 4.95. The van der Waals surface area contributed by atoms with Crippen molar-refractivity contribution in [3.05, 3.63) is 59.3 Å². The minimum Gasteiger partial charge on any atom is -0.310 e. The Morgan fingerprint density at radius 3 is 2.52 bits per heavy atom. The molecule has 7 nitrogen and oxygen atoms in total. The molecule has 134 valence electrons. The van der Waals surface area contributed by atoms with Crippen LogP contribution in [-0.4, -0.2) is 30.8 Å². The molecule has 4 heterocycles. The zero-order valence-corrected chi connectivity index (χ0v) is 15.9. The molecule has 4 aromatic rings. The van der Waals surface area contributed by atoms with Gasteiger partial charge in [0, 0.05) is 41.6 Å². The van der Waals surface area contributed by atoms with E-state index in [0.29, 0.717) is 22.3 Å². The van der Waals surface area contributed by atoms with Gasteiger partial charge in [0.15, 0.2) is 10.8 Å². The van der Waals surface area contributed by atoms with E-state index in [2.05, 4.69) is 30.2 Å². The van der Waals surface area contributed by atoms with Gasteiger partial charge in [0.2, 0.25) is 5.91 Å². The molecule has 0 radical (unpaired) electrons. The summed E-state index contributed by atoms with van der Waals surface area (Å²) >= 11 is 2.91. The number of nitrogens with zero attached hydrogens (tertiary/aromatic N) is 5. The lowest BCUT2D eigenvalue weighted by Crippen LogP contribution is -2.20. The highest BCUT2D eigenvalue weighted by atomic mass is 32.1. The van der Waals surface area contributed by atoms with Crippen LogP contribution in [0.15, 0.2) is 53.7 Å². The first-order valence-corrected chi connectivity index (χ1v) is 9.86. The van der Waals surface area contributed by atoms with E-state index in [0.717, 1.165) is 10.6 Å². The molecule has 1 N–H and O–H groups in total. The van der Waals surface area contributed by atoms with Crippen LogP contribution in [0.25, 0.3) is 21.5 Å². The highest BCUT2D eigenvalue weighted by Crippen LogP contribution is 2.27. The predicted octanol–water partition coefficient (Wildman–Crippen LogP) is 3.86. The molecule has 0 aliphatic rings. The quantitative estimate of drug-likeness (QED) is 0.552. The summed E-state index contributed by atoms with van der Waals surface area (Å²) in [7, 11) is 0. The van der Waals surface area contributed by atoms with Crippen LogP contribution >= 0.6 is 22.7 Å². The molecule has 4 rings (SSSR count). The van der Waals surface area contributed by atoms with E-state index in [4.69, 9.17) is 0 Å². The smallest absolute Gasteiger partial charge is 0.232 e. The van der Waals surface area contributed by atoms with Crippen LogP contribution in [0.3, 0.4) is 0 Å². The summed E-state index contributed by atoms with van der Waals surface area (Å²) in [5.41, 5.74) is 1.49. The van der Waals surface area contributed by atoms with Crippen molar-refractivity contribution in [3.63, 3.8) is 0 Å². The van der Waals surface area contributed by atoms with Gasteiger partial charge in [0.05, 0.1) is 5.92 Å². The third-order valence-electron chi connectivity index (χ3n) is 3.83. The van der Waals surface area contributed by atoms with Gasteiger partial charge in [-0.15, -0.1) is 22.7 Å². The van der Waals surface area contributed by atoms with Crippen molar-refractivity contribution < 1.29 is 4.79 Å². The average molecular weight is 394 g/mol. The average Bonchev–Trinajstić information content (AvgIpc) is 3.41. The van der Waals surface area contributed by atoms with E-state index in [1.54, 1.807) is 30.9 Å². The topological polar surface area (TPSA) is 93.6 Å². The molecule has 0 aromatic carbocycles. The molecule has 0 aliphatic heterocycles. The standard InChI is InChI=1S/C18H14N6OS2/c1-11(12-3-2-4-19-10-12)16(25)24-14-9-13(17-20-5-7-26-17)22-15(23-14)18-21-6-8-27-18/h2-11H,1H3,(H,22,23,24,25). The minimum absolute atomic E-state index is 0.170. The maximum absolute atomic E-state index is 12.7. The fourth-order valence-electron chi connectivity index (χ4n) is 2.42. The number of amides is 1. The lowest BCUT2D eigenvalue weighted by Gasteiger charge is -2.12. The summed E-state index contributed by atoms with van der Waals surface area (Å²) < 4.78 is 0. The van der Waals surface area contributed by atoms with Crippen LogP contribution in [0.5, 0.6) is 0 Å². The summed E-state index contributed by atoms with van der Waals surface area (Å²) in [6, 6.07) is 5.41. The Morgan fingerprint density at radius 1 is 1.07 bits per heavy atom. The second-order valence-corrected chi connectivity index (χ2v) is 7.42. The van der Waals surface area contributed by atoms with E-state index < -0.39 is 0 Å². The van der Waals surface area contributed by atoms with Crippen LogP contribution in [0.2, 0.25) is 0 Å². The minimum atomic E-state index is -0.361. The Bertz CT molecular complexity index is 983. The zero-order chi connectivity index (χ0) is 18.6. The van der Waals surface area contributed by atoms with Gasteiger partial charge < -0.3 is 5.32 Å². The monoisotopic (exact) mass is 394 g/mol. The maximum atomic E-state index is 12.7. The van der Waals surface area contributed by atoms with Crippen molar-refractivity contribution in [2.45, 2.75) is 12.8 Å². The largest absolute Gasteiger partial charge is 0.310 e. The van der Waals surface area contributed by atoms with Crippen molar-refractivity contribution in [3.8, 4) is 21.5 Å². The third kappa shape index (κ3) is 3.88. The molecule has 0 saturated heterocycles. The number of carbonyl (C=O) groups excluding carboxylic acids is 1. The molecule has 0 bridgehead atoms. The van der Waals surface area contributed by atoms with Crippen LogP contribution in [0.4, 0.5) is 5.82 Å². The number of nitrogens with one attached hydrogen (secondary N) is 1. The third-order valence-corrected chi connectivity index (χ3v) is 5.39. The molecule has 27 heavy (non-hydrogen) atoms. The predicted molar refractivity (Wildman–Crippen MR) is 106 cm³/mol. The van der Waals surface area contributed by atoms with E-state index in [1.807, 2.05) is 29.8 Å². The van der Waals surface area contributed by atoms with Crippen LogP contribution < -0.4 is 5.32 Å². The molecule has 0 spiro atoms. The van der Waals surface area contributed by atoms with Crippen LogP contribution in [0.1, 0.15) is 18.4 Å². The van der Waals surface area contributed by atoms with Crippen molar-refractivity contribution in [2.24, 2.45) is 0 Å². The molecule has 0 aliphatic carbocycles. The number of rotatable bonds is 5. The molecular formula is C18H14N6OS2. The van der Waals surface area contributed by atoms with E-state index in [1.165, 1.54) is 22.7 Å². The highest BCUT2D eigenvalue weighted by molar-refractivity contribution is 7.13. The van der Waals surface area contributed by atoms with Gasteiger partial charge in [-0.1, -0.05) is 6.07 Å². The van der Waals surface area contributed by atoms with Gasteiger partial charge in [-0.05, 0) is 18.6 Å². The van der Waals surface area contributed by atoms with E-state index in [-0.39, 0.29) is 11.8 Å². The number of aromatic nitrogens is 5. The number of carbonyl (C=O) groups is 1. The van der Waals surface area contributed by atoms with E-state index in [9.17, 15) is 4.79 Å². The number of hydrogen-bond acceptors (Lipinski definition) is 8. The first kappa shape index (κ1) is 17.4. The Hall–Kier alpha value is -3.04. The maximum Gasteiger partial charge on any atom is 0.232 e. The summed E-state index contributed by atoms with van der Waals surface area (Å²) in [6.07, 6.45) is 6.78. The van der Waals surface area contributed by atoms with Gasteiger partial charge >= 0.3 is 0 Å². The Labute approximate surface area is 163 Å². The lowest BCUT2D eigenvalue weighted by molar-refractivity contribution is -0.117. The Morgan fingerprint density at radius 2 is 1.85 bits per heavy atom. The van der Waals surface area contributed by atoms with Gasteiger partial charge in [-0.2, -0.15) is 0 Å². The zero-order valence-electron chi connectivity index (χ0n) is 14.2. The molecule has 1 amide bonds. The number of hydrogen-bond donors (Lipinski definition) is 1. The molecule has 4 aromatic heterocycles. The van der Waals surface area contributed by atoms with Gasteiger partial charge in [0.1, 0.15) is 16.5 Å². The first-order chi connectivity index (χ1) is 13.2. The Balaban J connectivity index is 1.66. The van der Waals surface area contributed by atoms with Gasteiger partial charge in [-0.3, -0.25) is 9.78 Å². The first-order valence-electron chi connectivity index (χ1n) is 8.10. The SMILES string of the molecule is CC(C(=O)Nc1cc(-c2nccs2)nc(-c2nccs2)n1)c1cccnc1. The fourth-order valence-corrected chi connectivity index (χ4v) is 3.58. The normalized spacial score (nSPS) is 11.9. The lowest BCUT2D eigenvalue weighted by atomic mass is 10.0. The van der Waals surface area contributed by atoms with Crippen molar-refractivity contribution in [1.82, 2.24) is 24.9 Å².